The van der Waals surface area contributed by atoms with Crippen molar-refractivity contribution >= 4 is 16.9 Å². The van der Waals surface area contributed by atoms with Gasteiger partial charge in [-0.25, -0.2) is 14.8 Å². The molecule has 0 bridgehead atoms. The zero-order valence-electron chi connectivity index (χ0n) is 11.8. The number of likely N-dealkylation sites (N-methyl/N-ethyl adjacent to an activating group) is 1. The van der Waals surface area contributed by atoms with E-state index in [1.807, 2.05) is 0 Å². The van der Waals surface area contributed by atoms with Crippen LogP contribution in [0.2, 0.25) is 0 Å². The number of fused-ring (bicyclic) bond motifs is 1. The van der Waals surface area contributed by atoms with Crippen LogP contribution in [0.5, 0.6) is 5.88 Å². The van der Waals surface area contributed by atoms with E-state index in [0.29, 0.717) is 24.0 Å². The summed E-state index contributed by atoms with van der Waals surface area (Å²) in [6.45, 7) is 1.41. The summed E-state index contributed by atoms with van der Waals surface area (Å²) in [5.74, 6) is -0.467. The topological polar surface area (TPSA) is 75.5 Å². The minimum atomic E-state index is -0.968. The Morgan fingerprint density at radius 1 is 1.43 bits per heavy atom. The Morgan fingerprint density at radius 2 is 2.24 bits per heavy atom. The fraction of sp³-hybridized carbons (Fsp3) is 0.400. The lowest BCUT2D eigenvalue weighted by Crippen LogP contribution is -2.26. The van der Waals surface area contributed by atoms with Gasteiger partial charge < -0.3 is 14.7 Å². The van der Waals surface area contributed by atoms with Crippen LogP contribution in [0, 0.1) is 0 Å². The molecule has 0 saturated heterocycles. The number of hydrogen-bond acceptors (Lipinski definition) is 5. The Bertz CT molecular complexity index is 670. The fourth-order valence-corrected chi connectivity index (χ4v) is 2.26. The number of aromatic carboxylic acids is 1. The van der Waals surface area contributed by atoms with Gasteiger partial charge in [0.2, 0.25) is 5.88 Å². The normalized spacial score (nSPS) is 14.6. The second-order valence-corrected chi connectivity index (χ2v) is 5.28. The van der Waals surface area contributed by atoms with Gasteiger partial charge in [-0.05, 0) is 38.1 Å². The Hall–Kier alpha value is -2.21. The van der Waals surface area contributed by atoms with E-state index < -0.39 is 5.97 Å². The molecule has 2 aromatic rings. The molecule has 1 saturated carbocycles. The zero-order valence-corrected chi connectivity index (χ0v) is 11.8. The number of hydrogen-bond donors (Lipinski definition) is 1. The van der Waals surface area contributed by atoms with E-state index >= 15 is 0 Å². The molecule has 21 heavy (non-hydrogen) atoms. The van der Waals surface area contributed by atoms with Gasteiger partial charge in [0, 0.05) is 12.6 Å². The van der Waals surface area contributed by atoms with E-state index in [0.717, 1.165) is 11.9 Å². The quantitative estimate of drug-likeness (QED) is 0.873. The summed E-state index contributed by atoms with van der Waals surface area (Å²) in [7, 11) is 2.10. The molecule has 1 fully saturated rings. The summed E-state index contributed by atoms with van der Waals surface area (Å²) < 4.78 is 5.73. The summed E-state index contributed by atoms with van der Waals surface area (Å²) in [5.41, 5.74) is 0.788. The second kappa shape index (κ2) is 5.65. The molecule has 110 valence electrons. The molecule has 1 aliphatic rings. The van der Waals surface area contributed by atoms with Crippen LogP contribution < -0.4 is 4.74 Å². The molecule has 6 nitrogen and oxygen atoms in total. The van der Waals surface area contributed by atoms with Crippen molar-refractivity contribution in [1.29, 1.82) is 0 Å². The van der Waals surface area contributed by atoms with Crippen LogP contribution >= 0.6 is 0 Å². The van der Waals surface area contributed by atoms with Crippen LogP contribution in [0.15, 0.2) is 24.5 Å². The van der Waals surface area contributed by atoms with Crippen molar-refractivity contribution in [2.45, 2.75) is 18.9 Å². The molecule has 1 aromatic carbocycles. The van der Waals surface area contributed by atoms with Gasteiger partial charge in [0.15, 0.2) is 0 Å². The maximum Gasteiger partial charge on any atom is 0.335 e. The molecule has 1 aliphatic carbocycles. The largest absolute Gasteiger partial charge is 0.478 e. The number of aromatic nitrogens is 2. The van der Waals surface area contributed by atoms with Gasteiger partial charge in [-0.2, -0.15) is 0 Å². The number of nitrogens with zero attached hydrogens (tertiary/aromatic N) is 3. The molecular formula is C15H17N3O3. The van der Waals surface area contributed by atoms with Crippen molar-refractivity contribution in [3.63, 3.8) is 0 Å². The predicted octanol–water partition coefficient (Wildman–Crippen LogP) is 1.80. The SMILES string of the molecule is CN(CCOc1ncnc2cc(C(=O)O)ccc12)C1CC1. The monoisotopic (exact) mass is 287 g/mol. The Kier molecular flexibility index (Phi) is 3.70. The molecule has 1 heterocycles. The van der Waals surface area contributed by atoms with Crippen molar-refractivity contribution in [2.75, 3.05) is 20.2 Å². The zero-order chi connectivity index (χ0) is 14.8. The molecule has 0 amide bonds. The maximum atomic E-state index is 11.0. The summed E-state index contributed by atoms with van der Waals surface area (Å²) >= 11 is 0. The maximum absolute atomic E-state index is 11.0. The first kappa shape index (κ1) is 13.8. The first-order valence-corrected chi connectivity index (χ1v) is 6.96. The van der Waals surface area contributed by atoms with Crippen molar-refractivity contribution in [1.82, 2.24) is 14.9 Å². The fourth-order valence-electron chi connectivity index (χ4n) is 2.26. The Labute approximate surface area is 122 Å². The van der Waals surface area contributed by atoms with Crippen LogP contribution in [0.1, 0.15) is 23.2 Å². The van der Waals surface area contributed by atoms with Gasteiger partial charge in [-0.1, -0.05) is 0 Å². The second-order valence-electron chi connectivity index (χ2n) is 5.28. The van der Waals surface area contributed by atoms with Crippen LogP contribution in [-0.2, 0) is 0 Å². The third-order valence-corrected chi connectivity index (χ3v) is 3.70. The number of ether oxygens (including phenoxy) is 1. The van der Waals surface area contributed by atoms with E-state index in [1.54, 1.807) is 6.07 Å². The van der Waals surface area contributed by atoms with E-state index in [9.17, 15) is 4.79 Å². The van der Waals surface area contributed by atoms with E-state index in [2.05, 4.69) is 21.9 Å². The minimum absolute atomic E-state index is 0.209. The molecular weight excluding hydrogens is 270 g/mol. The number of carbonyl (C=O) groups is 1. The Morgan fingerprint density at radius 3 is 2.95 bits per heavy atom. The molecule has 0 radical (unpaired) electrons. The van der Waals surface area contributed by atoms with Crippen molar-refractivity contribution in [2.24, 2.45) is 0 Å². The third-order valence-electron chi connectivity index (χ3n) is 3.70. The molecule has 1 aromatic heterocycles. The van der Waals surface area contributed by atoms with Gasteiger partial charge in [-0.3, -0.25) is 0 Å². The number of carboxylic acid groups (broad SMARTS) is 1. The molecule has 6 heteroatoms. The van der Waals surface area contributed by atoms with Crippen LogP contribution in [0.4, 0.5) is 0 Å². The lowest BCUT2D eigenvalue weighted by atomic mass is 10.1. The van der Waals surface area contributed by atoms with E-state index in [1.165, 1.54) is 31.3 Å². The average Bonchev–Trinajstić information content (AvgIpc) is 3.31. The number of carboxylic acids is 1. The number of rotatable bonds is 6. The predicted molar refractivity (Wildman–Crippen MR) is 77.6 cm³/mol. The summed E-state index contributed by atoms with van der Waals surface area (Å²) in [6.07, 6.45) is 3.93. The lowest BCUT2D eigenvalue weighted by Gasteiger charge is -2.15. The highest BCUT2D eigenvalue weighted by atomic mass is 16.5. The van der Waals surface area contributed by atoms with Gasteiger partial charge in [0.25, 0.3) is 0 Å². The molecule has 0 spiro atoms. The molecule has 0 unspecified atom stereocenters. The summed E-state index contributed by atoms with van der Waals surface area (Å²) in [6, 6.07) is 5.47. The standard InChI is InChI=1S/C15H17N3O3/c1-18(11-3-4-11)6-7-21-14-12-5-2-10(15(19)20)8-13(12)16-9-17-14/h2,5,8-9,11H,3-4,6-7H2,1H3,(H,19,20). The molecule has 1 N–H and O–H groups in total. The highest BCUT2D eigenvalue weighted by Crippen LogP contribution is 2.25. The Balaban J connectivity index is 1.73. The first-order valence-electron chi connectivity index (χ1n) is 6.96. The highest BCUT2D eigenvalue weighted by Gasteiger charge is 2.25. The molecule has 3 rings (SSSR count). The van der Waals surface area contributed by atoms with E-state index in [-0.39, 0.29) is 5.56 Å². The molecule has 0 atom stereocenters. The highest BCUT2D eigenvalue weighted by molar-refractivity contribution is 5.94. The smallest absolute Gasteiger partial charge is 0.335 e. The molecule has 0 aliphatic heterocycles. The van der Waals surface area contributed by atoms with E-state index in [4.69, 9.17) is 9.84 Å². The number of benzene rings is 1. The third kappa shape index (κ3) is 3.11. The van der Waals surface area contributed by atoms with Crippen molar-refractivity contribution in [3.8, 4) is 5.88 Å². The summed E-state index contributed by atoms with van der Waals surface area (Å²) in [5, 5.41) is 9.73. The van der Waals surface area contributed by atoms with Crippen molar-refractivity contribution in [3.05, 3.63) is 30.1 Å². The van der Waals surface area contributed by atoms with Crippen LogP contribution in [-0.4, -0.2) is 52.2 Å². The average molecular weight is 287 g/mol. The first-order chi connectivity index (χ1) is 10.1. The van der Waals surface area contributed by atoms with Gasteiger partial charge in [0.1, 0.15) is 12.9 Å². The van der Waals surface area contributed by atoms with Crippen LogP contribution in [0.25, 0.3) is 10.9 Å². The van der Waals surface area contributed by atoms with Gasteiger partial charge >= 0.3 is 5.97 Å². The summed E-state index contributed by atoms with van der Waals surface area (Å²) in [4.78, 5) is 21.5. The van der Waals surface area contributed by atoms with Gasteiger partial charge in [-0.15, -0.1) is 0 Å². The minimum Gasteiger partial charge on any atom is -0.478 e. The van der Waals surface area contributed by atoms with Crippen molar-refractivity contribution < 1.29 is 14.6 Å². The van der Waals surface area contributed by atoms with Crippen LogP contribution in [0.3, 0.4) is 0 Å². The lowest BCUT2D eigenvalue weighted by molar-refractivity contribution is 0.0697. The van der Waals surface area contributed by atoms with Gasteiger partial charge in [0.05, 0.1) is 16.5 Å².